The first kappa shape index (κ1) is 19.8. The van der Waals surface area contributed by atoms with Crippen LogP contribution in [0.15, 0.2) is 27.9 Å². The third-order valence-electron chi connectivity index (χ3n) is 3.83. The number of carbonyl (C=O) groups excluding carboxylic acids is 2. The van der Waals surface area contributed by atoms with Gasteiger partial charge < -0.3 is 20.4 Å². The van der Waals surface area contributed by atoms with Crippen LogP contribution in [0.5, 0.6) is 23.0 Å². The van der Waals surface area contributed by atoms with Gasteiger partial charge in [-0.1, -0.05) is 6.08 Å². The quantitative estimate of drug-likeness (QED) is 0.302. The summed E-state index contributed by atoms with van der Waals surface area (Å²) in [4.78, 5) is 24.5. The molecule has 2 aromatic carbocycles. The molecule has 2 rings (SSSR count). The number of halogens is 1. The average molecular weight is 468 g/mol. The lowest BCUT2D eigenvalue weighted by atomic mass is 9.90. The molecule has 0 spiro atoms. The average Bonchev–Trinajstić information content (AvgIpc) is 2.51. The van der Waals surface area contributed by atoms with Crippen molar-refractivity contribution in [3.8, 4) is 23.0 Å². The molecule has 26 heavy (non-hydrogen) atoms. The fourth-order valence-corrected chi connectivity index (χ4v) is 2.87. The molecule has 4 N–H and O–H groups in total. The molecule has 0 saturated heterocycles. The SMILES string of the molecule is C/C(I)=C\Cc1c(O)cc(O)c(C=O)c1C(=O)c1c(O)cc(C)cc1O. The Kier molecular flexibility index (Phi) is 5.91. The van der Waals surface area contributed by atoms with Crippen LogP contribution >= 0.6 is 22.6 Å². The molecule has 7 heteroatoms. The van der Waals surface area contributed by atoms with Gasteiger partial charge in [0.2, 0.25) is 5.78 Å². The first-order valence-corrected chi connectivity index (χ1v) is 8.67. The van der Waals surface area contributed by atoms with Crippen LogP contribution in [0.2, 0.25) is 0 Å². The molecule has 0 unspecified atom stereocenters. The van der Waals surface area contributed by atoms with Gasteiger partial charge in [-0.3, -0.25) is 9.59 Å². The second-order valence-corrected chi connectivity index (χ2v) is 7.50. The maximum absolute atomic E-state index is 13.0. The molecule has 0 heterocycles. The van der Waals surface area contributed by atoms with E-state index in [-0.39, 0.29) is 28.9 Å². The molecule has 6 nitrogen and oxygen atoms in total. The lowest BCUT2D eigenvalue weighted by Crippen LogP contribution is -2.11. The minimum absolute atomic E-state index is 0.116. The van der Waals surface area contributed by atoms with Crippen LogP contribution in [0, 0.1) is 6.92 Å². The van der Waals surface area contributed by atoms with E-state index in [2.05, 4.69) is 22.6 Å². The summed E-state index contributed by atoms with van der Waals surface area (Å²) in [6.07, 6.45) is 2.15. The van der Waals surface area contributed by atoms with Crippen molar-refractivity contribution in [3.63, 3.8) is 0 Å². The predicted octanol–water partition coefficient (Wildman–Crippen LogP) is 3.74. The van der Waals surface area contributed by atoms with Crippen molar-refractivity contribution < 1.29 is 30.0 Å². The number of ketones is 1. The van der Waals surface area contributed by atoms with E-state index < -0.39 is 28.6 Å². The van der Waals surface area contributed by atoms with Crippen molar-refractivity contribution in [3.05, 3.63) is 55.7 Å². The maximum Gasteiger partial charge on any atom is 0.201 e. The smallest absolute Gasteiger partial charge is 0.201 e. The Hall–Kier alpha value is -2.55. The number of aryl methyl sites for hydroxylation is 1. The highest BCUT2D eigenvalue weighted by Crippen LogP contribution is 2.37. The fraction of sp³-hybridized carbons (Fsp3) is 0.158. The summed E-state index contributed by atoms with van der Waals surface area (Å²) in [5.41, 5.74) is -0.331. The van der Waals surface area contributed by atoms with Crippen molar-refractivity contribution in [2.24, 2.45) is 0 Å². The van der Waals surface area contributed by atoms with Crippen LogP contribution in [0.1, 0.15) is 44.3 Å². The van der Waals surface area contributed by atoms with E-state index >= 15 is 0 Å². The van der Waals surface area contributed by atoms with E-state index in [9.17, 15) is 30.0 Å². The van der Waals surface area contributed by atoms with Gasteiger partial charge in [0.05, 0.1) is 5.56 Å². The van der Waals surface area contributed by atoms with Crippen molar-refractivity contribution in [1.29, 1.82) is 0 Å². The Morgan fingerprint density at radius 1 is 1.00 bits per heavy atom. The summed E-state index contributed by atoms with van der Waals surface area (Å²) >= 11 is 2.06. The molecule has 0 aliphatic rings. The second kappa shape index (κ2) is 7.77. The summed E-state index contributed by atoms with van der Waals surface area (Å²) in [5.74, 6) is -2.72. The topological polar surface area (TPSA) is 115 Å². The largest absolute Gasteiger partial charge is 0.507 e. The van der Waals surface area contributed by atoms with Gasteiger partial charge in [-0.2, -0.15) is 0 Å². The van der Waals surface area contributed by atoms with Gasteiger partial charge in [-0.05, 0) is 64.1 Å². The molecule has 0 amide bonds. The molecule has 0 atom stereocenters. The number of allylic oxidation sites excluding steroid dienone is 2. The third kappa shape index (κ3) is 3.82. The van der Waals surface area contributed by atoms with E-state index in [4.69, 9.17) is 0 Å². The molecule has 2 aromatic rings. The van der Waals surface area contributed by atoms with E-state index in [0.717, 1.165) is 9.65 Å². The molecule has 136 valence electrons. The van der Waals surface area contributed by atoms with Crippen LogP contribution in [-0.2, 0) is 6.42 Å². The first-order valence-electron chi connectivity index (χ1n) is 7.59. The van der Waals surface area contributed by atoms with E-state index in [1.54, 1.807) is 13.0 Å². The Bertz CT molecular complexity index is 903. The molecule has 0 aromatic heterocycles. The highest BCUT2D eigenvalue weighted by atomic mass is 127. The normalized spacial score (nSPS) is 11.4. The number of hydrogen-bond acceptors (Lipinski definition) is 6. The summed E-state index contributed by atoms with van der Waals surface area (Å²) in [6.45, 7) is 3.45. The molecular formula is C19H17IO6. The van der Waals surface area contributed by atoms with E-state index in [1.165, 1.54) is 12.1 Å². The van der Waals surface area contributed by atoms with Gasteiger partial charge in [0.1, 0.15) is 28.6 Å². The van der Waals surface area contributed by atoms with Gasteiger partial charge in [-0.25, -0.2) is 0 Å². The standard InChI is InChI=1S/C19H17IO6/c1-9-5-15(24)18(16(25)6-9)19(26)17-11(4-3-10(2)20)13(22)7-14(23)12(17)8-21/h3,5-8,22-25H,4H2,1-2H3/b10-3+. The van der Waals surface area contributed by atoms with Crippen molar-refractivity contribution in [2.45, 2.75) is 20.3 Å². The zero-order valence-electron chi connectivity index (χ0n) is 14.1. The molecule has 0 bridgehead atoms. The number of phenols is 4. The van der Waals surface area contributed by atoms with Gasteiger partial charge in [0, 0.05) is 17.2 Å². The van der Waals surface area contributed by atoms with Crippen LogP contribution < -0.4 is 0 Å². The molecule has 0 fully saturated rings. The molecule has 0 saturated carbocycles. The lowest BCUT2D eigenvalue weighted by Gasteiger charge is -2.15. The minimum atomic E-state index is -0.872. The summed E-state index contributed by atoms with van der Waals surface area (Å²) in [6, 6.07) is 3.58. The highest BCUT2D eigenvalue weighted by Gasteiger charge is 2.27. The number of aldehydes is 1. The summed E-state index contributed by atoms with van der Waals surface area (Å²) < 4.78 is 0.891. The number of rotatable bonds is 5. The zero-order chi connectivity index (χ0) is 19.6. The molecule has 0 aliphatic carbocycles. The van der Waals surface area contributed by atoms with Gasteiger partial charge in [0.15, 0.2) is 6.29 Å². The summed E-state index contributed by atoms with van der Waals surface area (Å²) in [7, 11) is 0. The van der Waals surface area contributed by atoms with E-state index in [0.29, 0.717) is 11.8 Å². The fourth-order valence-electron chi connectivity index (χ4n) is 2.65. The molecule has 0 aliphatic heterocycles. The molecular weight excluding hydrogens is 451 g/mol. The van der Waals surface area contributed by atoms with Gasteiger partial charge in [-0.15, -0.1) is 0 Å². The van der Waals surface area contributed by atoms with Gasteiger partial charge in [0.25, 0.3) is 0 Å². The number of carbonyl (C=O) groups is 2. The predicted molar refractivity (Wildman–Crippen MR) is 105 cm³/mol. The second-order valence-electron chi connectivity index (χ2n) is 5.80. The zero-order valence-corrected chi connectivity index (χ0v) is 16.2. The van der Waals surface area contributed by atoms with Crippen LogP contribution in [0.3, 0.4) is 0 Å². The monoisotopic (exact) mass is 468 g/mol. The summed E-state index contributed by atoms with van der Waals surface area (Å²) in [5, 5.41) is 40.4. The Morgan fingerprint density at radius 3 is 2.08 bits per heavy atom. The lowest BCUT2D eigenvalue weighted by molar-refractivity contribution is 0.102. The Labute approximate surface area is 163 Å². The van der Waals surface area contributed by atoms with Crippen molar-refractivity contribution in [1.82, 2.24) is 0 Å². The van der Waals surface area contributed by atoms with Crippen molar-refractivity contribution >= 4 is 34.7 Å². The molecule has 0 radical (unpaired) electrons. The maximum atomic E-state index is 13.0. The van der Waals surface area contributed by atoms with Crippen LogP contribution in [-0.4, -0.2) is 32.5 Å². The number of phenolic OH excluding ortho intramolecular Hbond substituents is 4. The Balaban J connectivity index is 2.80. The van der Waals surface area contributed by atoms with Gasteiger partial charge >= 0.3 is 0 Å². The van der Waals surface area contributed by atoms with Crippen molar-refractivity contribution in [2.75, 3.05) is 0 Å². The Morgan fingerprint density at radius 2 is 1.58 bits per heavy atom. The number of benzene rings is 2. The van der Waals surface area contributed by atoms with E-state index in [1.807, 2.05) is 6.92 Å². The highest BCUT2D eigenvalue weighted by molar-refractivity contribution is 14.1. The van der Waals surface area contributed by atoms with Crippen LogP contribution in [0.4, 0.5) is 0 Å². The minimum Gasteiger partial charge on any atom is -0.507 e. The number of hydrogen-bond donors (Lipinski definition) is 4. The van der Waals surface area contributed by atoms with Crippen LogP contribution in [0.25, 0.3) is 0 Å². The first-order chi connectivity index (χ1) is 12.2. The number of aromatic hydroxyl groups is 4. The third-order valence-corrected chi connectivity index (χ3v) is 4.27.